The van der Waals surface area contributed by atoms with E-state index in [4.69, 9.17) is 4.74 Å². The molecule has 34 heavy (non-hydrogen) atoms. The number of nitrogens with zero attached hydrogens (tertiary/aromatic N) is 2. The summed E-state index contributed by atoms with van der Waals surface area (Å²) in [6.07, 6.45) is 1.28. The molecule has 0 bridgehead atoms. The van der Waals surface area contributed by atoms with Crippen LogP contribution in [0.1, 0.15) is 20.8 Å². The second-order valence-corrected chi connectivity index (χ2v) is 8.58. The molecule has 2 aromatic carbocycles. The Morgan fingerprint density at radius 3 is 2.65 bits per heavy atom. The van der Waals surface area contributed by atoms with Gasteiger partial charge in [0, 0.05) is 5.69 Å². The third-order valence-corrected chi connectivity index (χ3v) is 6.45. The van der Waals surface area contributed by atoms with Gasteiger partial charge in [-0.3, -0.25) is 19.0 Å². The van der Waals surface area contributed by atoms with Crippen LogP contribution in [0.5, 0.6) is 5.75 Å². The molecule has 174 valence electrons. The summed E-state index contributed by atoms with van der Waals surface area (Å²) < 4.78 is 20.2. The summed E-state index contributed by atoms with van der Waals surface area (Å²) in [4.78, 5) is 43.4. The van der Waals surface area contributed by atoms with Crippen LogP contribution in [-0.4, -0.2) is 28.5 Å². The minimum Gasteiger partial charge on any atom is -0.495 e. The number of ether oxygens (including phenoxy) is 1. The van der Waals surface area contributed by atoms with E-state index in [1.165, 1.54) is 24.1 Å². The minimum absolute atomic E-state index is 0.262. The topological polar surface area (TPSA) is 102 Å². The summed E-state index contributed by atoms with van der Waals surface area (Å²) in [5.74, 6) is -0.833. The predicted octanol–water partition coefficient (Wildman–Crippen LogP) is 4.11. The highest BCUT2D eigenvalue weighted by Gasteiger charge is 2.20. The maximum atomic E-state index is 13.8. The minimum atomic E-state index is -0.469. The fraction of sp³-hybridized carbons (Fsp3) is 0.167. The molecule has 2 aromatic heterocycles. The number of rotatable bonds is 6. The van der Waals surface area contributed by atoms with Crippen LogP contribution < -0.4 is 20.9 Å². The van der Waals surface area contributed by atoms with Crippen molar-refractivity contribution < 1.29 is 18.7 Å². The molecule has 8 nitrogen and oxygen atoms in total. The van der Waals surface area contributed by atoms with Crippen LogP contribution >= 0.6 is 11.3 Å². The van der Waals surface area contributed by atoms with Gasteiger partial charge in [0.05, 0.1) is 29.4 Å². The van der Waals surface area contributed by atoms with Gasteiger partial charge >= 0.3 is 0 Å². The van der Waals surface area contributed by atoms with E-state index in [2.05, 4.69) is 15.6 Å². The molecular formula is C24H21FN4O4S. The Balaban J connectivity index is 1.58. The number of aryl methyl sites for hydroxylation is 2. The van der Waals surface area contributed by atoms with Gasteiger partial charge in [0.2, 0.25) is 5.91 Å². The number of amides is 2. The van der Waals surface area contributed by atoms with E-state index in [0.29, 0.717) is 33.1 Å². The molecule has 0 aliphatic carbocycles. The van der Waals surface area contributed by atoms with Gasteiger partial charge in [0.1, 0.15) is 22.9 Å². The van der Waals surface area contributed by atoms with Gasteiger partial charge in [-0.2, -0.15) is 0 Å². The molecule has 0 spiro atoms. The Morgan fingerprint density at radius 1 is 1.15 bits per heavy atom. The molecular weight excluding hydrogens is 459 g/mol. The van der Waals surface area contributed by atoms with Crippen molar-refractivity contribution in [2.24, 2.45) is 0 Å². The van der Waals surface area contributed by atoms with Crippen molar-refractivity contribution in [1.82, 2.24) is 9.55 Å². The van der Waals surface area contributed by atoms with Crippen LogP contribution in [0.25, 0.3) is 10.2 Å². The lowest BCUT2D eigenvalue weighted by Gasteiger charge is -2.10. The zero-order valence-corrected chi connectivity index (χ0v) is 19.5. The number of methoxy groups -OCH3 is 1. The Bertz CT molecular complexity index is 1480. The molecule has 4 rings (SSSR count). The van der Waals surface area contributed by atoms with Gasteiger partial charge in [-0.25, -0.2) is 9.37 Å². The number of halogens is 1. The Kier molecular flexibility index (Phi) is 6.42. The monoisotopic (exact) mass is 480 g/mol. The fourth-order valence-corrected chi connectivity index (χ4v) is 4.47. The molecule has 10 heteroatoms. The largest absolute Gasteiger partial charge is 0.495 e. The van der Waals surface area contributed by atoms with Crippen molar-refractivity contribution in [1.29, 1.82) is 0 Å². The molecule has 0 saturated carbocycles. The van der Waals surface area contributed by atoms with E-state index in [9.17, 15) is 18.8 Å². The molecule has 2 heterocycles. The van der Waals surface area contributed by atoms with Crippen molar-refractivity contribution >= 4 is 44.7 Å². The van der Waals surface area contributed by atoms with Gasteiger partial charge in [0.15, 0.2) is 0 Å². The first-order chi connectivity index (χ1) is 16.3. The standard InChI is InChI=1S/C24H21FN4O4S/c1-13-8-9-15(10-16(13)25)27-22(31)21-14(2)20-23(34-21)26-12-29(24(20)32)11-19(30)28-17-6-4-5-7-18(17)33-3/h4-10,12H,11H2,1-3H3,(H,27,31)(H,28,30). The van der Waals surface area contributed by atoms with Crippen LogP contribution in [-0.2, 0) is 11.3 Å². The quantitative estimate of drug-likeness (QED) is 0.432. The zero-order valence-electron chi connectivity index (χ0n) is 18.6. The van der Waals surface area contributed by atoms with Gasteiger partial charge < -0.3 is 15.4 Å². The second-order valence-electron chi connectivity index (χ2n) is 7.58. The summed E-state index contributed by atoms with van der Waals surface area (Å²) >= 11 is 1.06. The van der Waals surface area contributed by atoms with Crippen LogP contribution in [0.15, 0.2) is 53.6 Å². The van der Waals surface area contributed by atoms with Gasteiger partial charge in [-0.05, 0) is 49.2 Å². The number of fused-ring (bicyclic) bond motifs is 1. The van der Waals surface area contributed by atoms with E-state index in [-0.39, 0.29) is 16.8 Å². The maximum Gasteiger partial charge on any atom is 0.266 e. The highest BCUT2D eigenvalue weighted by atomic mass is 32.1. The van der Waals surface area contributed by atoms with E-state index in [1.807, 2.05) is 0 Å². The van der Waals surface area contributed by atoms with E-state index in [1.54, 1.807) is 50.2 Å². The third kappa shape index (κ3) is 4.53. The first kappa shape index (κ1) is 23.1. The van der Waals surface area contributed by atoms with Gasteiger partial charge in [0.25, 0.3) is 11.5 Å². The van der Waals surface area contributed by atoms with Crippen molar-refractivity contribution in [3.63, 3.8) is 0 Å². The highest BCUT2D eigenvalue weighted by Crippen LogP contribution is 2.28. The van der Waals surface area contributed by atoms with E-state index in [0.717, 1.165) is 11.3 Å². The van der Waals surface area contributed by atoms with Crippen molar-refractivity contribution in [3.8, 4) is 5.75 Å². The SMILES string of the molecule is COc1ccccc1NC(=O)Cn1cnc2sc(C(=O)Nc3ccc(C)c(F)c3)c(C)c2c1=O. The molecule has 0 unspecified atom stereocenters. The number of anilines is 2. The van der Waals surface area contributed by atoms with Crippen LogP contribution in [0.4, 0.5) is 15.8 Å². The van der Waals surface area contributed by atoms with Crippen LogP contribution in [0.3, 0.4) is 0 Å². The lowest BCUT2D eigenvalue weighted by Crippen LogP contribution is -2.28. The summed E-state index contributed by atoms with van der Waals surface area (Å²) in [6.45, 7) is 3.01. The third-order valence-electron chi connectivity index (χ3n) is 5.25. The molecule has 2 N–H and O–H groups in total. The number of aromatic nitrogens is 2. The number of nitrogens with one attached hydrogen (secondary N) is 2. The molecule has 0 aliphatic rings. The maximum absolute atomic E-state index is 13.8. The second kappa shape index (κ2) is 9.44. The van der Waals surface area contributed by atoms with E-state index < -0.39 is 23.2 Å². The number of para-hydroxylation sites is 2. The smallest absolute Gasteiger partial charge is 0.266 e. The summed E-state index contributed by atoms with van der Waals surface area (Å²) in [5, 5.41) is 5.63. The number of hydrogen-bond donors (Lipinski definition) is 2. The molecule has 0 aliphatic heterocycles. The summed E-state index contributed by atoms with van der Waals surface area (Å²) in [5.41, 5.74) is 1.27. The predicted molar refractivity (Wildman–Crippen MR) is 129 cm³/mol. The number of thiophene rings is 1. The highest BCUT2D eigenvalue weighted by molar-refractivity contribution is 7.20. The van der Waals surface area contributed by atoms with Crippen LogP contribution in [0.2, 0.25) is 0 Å². The summed E-state index contributed by atoms with van der Waals surface area (Å²) in [6, 6.07) is 11.3. The van der Waals surface area contributed by atoms with Gasteiger partial charge in [-0.1, -0.05) is 18.2 Å². The average Bonchev–Trinajstić information content (AvgIpc) is 3.15. The average molecular weight is 481 g/mol. The first-order valence-electron chi connectivity index (χ1n) is 10.3. The number of benzene rings is 2. The molecule has 0 atom stereocenters. The van der Waals surface area contributed by atoms with Crippen LogP contribution in [0, 0.1) is 19.7 Å². The number of carbonyl (C=O) groups excluding carboxylic acids is 2. The Hall–Kier alpha value is -4.05. The first-order valence-corrected chi connectivity index (χ1v) is 11.1. The number of carbonyl (C=O) groups is 2. The van der Waals surface area contributed by atoms with Gasteiger partial charge in [-0.15, -0.1) is 11.3 Å². The Labute approximate surface area is 198 Å². The molecule has 2 amide bonds. The lowest BCUT2D eigenvalue weighted by molar-refractivity contribution is -0.116. The molecule has 0 fully saturated rings. The normalized spacial score (nSPS) is 10.8. The molecule has 0 radical (unpaired) electrons. The Morgan fingerprint density at radius 2 is 1.91 bits per heavy atom. The molecule has 0 saturated heterocycles. The fourth-order valence-electron chi connectivity index (χ4n) is 3.44. The zero-order chi connectivity index (χ0) is 24.4. The summed E-state index contributed by atoms with van der Waals surface area (Å²) in [7, 11) is 1.50. The van der Waals surface area contributed by atoms with E-state index >= 15 is 0 Å². The van der Waals surface area contributed by atoms with Crippen molar-refractivity contribution in [3.05, 3.63) is 81.0 Å². The number of hydrogen-bond acceptors (Lipinski definition) is 6. The molecule has 4 aromatic rings. The van der Waals surface area contributed by atoms with Crippen molar-refractivity contribution in [2.75, 3.05) is 17.7 Å². The van der Waals surface area contributed by atoms with Crippen molar-refractivity contribution in [2.45, 2.75) is 20.4 Å². The lowest BCUT2D eigenvalue weighted by atomic mass is 10.2.